The molecule has 7 nitrogen and oxygen atoms in total. The number of halogens is 2. The number of benzene rings is 1. The fraction of sp³-hybridized carbons (Fsp3) is 0.421. The summed E-state index contributed by atoms with van der Waals surface area (Å²) in [6.07, 6.45) is 1.84. The molecule has 2 atom stereocenters. The van der Waals surface area contributed by atoms with E-state index in [-0.39, 0.29) is 30.9 Å². The van der Waals surface area contributed by atoms with Gasteiger partial charge in [-0.15, -0.1) is 12.4 Å². The minimum absolute atomic E-state index is 0. The van der Waals surface area contributed by atoms with Crippen LogP contribution in [0.25, 0.3) is 11.3 Å². The number of hydrogen-bond acceptors (Lipinski definition) is 5. The van der Waals surface area contributed by atoms with Crippen molar-refractivity contribution in [2.24, 2.45) is 5.92 Å². The van der Waals surface area contributed by atoms with Crippen molar-refractivity contribution in [3.8, 4) is 17.0 Å². The van der Waals surface area contributed by atoms with Crippen LogP contribution < -0.4 is 4.74 Å². The first-order chi connectivity index (χ1) is 13.2. The van der Waals surface area contributed by atoms with Crippen LogP contribution in [0.15, 0.2) is 30.5 Å². The summed E-state index contributed by atoms with van der Waals surface area (Å²) < 4.78 is 18.8. The number of aryl methyl sites for hydroxylation is 1. The van der Waals surface area contributed by atoms with Crippen molar-refractivity contribution in [1.82, 2.24) is 30.3 Å². The van der Waals surface area contributed by atoms with E-state index in [1.54, 1.807) is 7.11 Å². The molecular weight excluding hydrogens is 383 g/mol. The SMILES string of the molecule is COc1ccc(-c2[nH]ncc2CN2C[C@@H](CF)[C@H](c3n[nH]c(C)n3)C2)cc1.Cl. The summed E-state index contributed by atoms with van der Waals surface area (Å²) in [6, 6.07) is 7.86. The molecule has 0 saturated carbocycles. The van der Waals surface area contributed by atoms with Crippen molar-refractivity contribution in [2.45, 2.75) is 19.4 Å². The second kappa shape index (κ2) is 8.70. The normalized spacial score (nSPS) is 19.5. The van der Waals surface area contributed by atoms with Gasteiger partial charge in [-0.25, -0.2) is 4.98 Å². The third kappa shape index (κ3) is 4.02. The lowest BCUT2D eigenvalue weighted by molar-refractivity contribution is 0.296. The number of aromatic nitrogens is 5. The van der Waals surface area contributed by atoms with Gasteiger partial charge < -0.3 is 4.74 Å². The first-order valence-corrected chi connectivity index (χ1v) is 9.01. The van der Waals surface area contributed by atoms with Crippen LogP contribution in [0.1, 0.15) is 23.1 Å². The molecule has 28 heavy (non-hydrogen) atoms. The number of hydrogen-bond donors (Lipinski definition) is 2. The molecule has 0 radical (unpaired) electrons. The number of aromatic amines is 2. The van der Waals surface area contributed by atoms with E-state index in [1.165, 1.54) is 0 Å². The van der Waals surface area contributed by atoms with Gasteiger partial charge in [0, 0.05) is 42.6 Å². The highest BCUT2D eigenvalue weighted by atomic mass is 35.5. The minimum atomic E-state index is -0.370. The van der Waals surface area contributed by atoms with Crippen LogP contribution in [0.4, 0.5) is 4.39 Å². The number of methoxy groups -OCH3 is 1. The van der Waals surface area contributed by atoms with E-state index in [0.29, 0.717) is 18.9 Å². The van der Waals surface area contributed by atoms with Crippen molar-refractivity contribution in [1.29, 1.82) is 0 Å². The van der Waals surface area contributed by atoms with E-state index >= 15 is 0 Å². The molecule has 0 aliphatic carbocycles. The third-order valence-corrected chi connectivity index (χ3v) is 5.15. The van der Waals surface area contributed by atoms with Gasteiger partial charge in [0.2, 0.25) is 0 Å². The Bertz CT molecular complexity index is 896. The monoisotopic (exact) mass is 406 g/mol. The third-order valence-electron chi connectivity index (χ3n) is 5.15. The van der Waals surface area contributed by atoms with Gasteiger partial charge in [0.25, 0.3) is 0 Å². The van der Waals surface area contributed by atoms with Crippen LogP contribution in [-0.2, 0) is 6.54 Å². The maximum atomic E-state index is 13.6. The average molecular weight is 407 g/mol. The highest BCUT2D eigenvalue weighted by Gasteiger charge is 2.36. The first-order valence-electron chi connectivity index (χ1n) is 9.01. The summed E-state index contributed by atoms with van der Waals surface area (Å²) in [5, 5.41) is 14.4. The highest BCUT2D eigenvalue weighted by Crippen LogP contribution is 2.33. The number of nitrogens with one attached hydrogen (secondary N) is 2. The van der Waals surface area contributed by atoms with E-state index in [9.17, 15) is 4.39 Å². The molecular formula is C19H24ClFN6O. The summed E-state index contributed by atoms with van der Waals surface area (Å²) in [4.78, 5) is 6.66. The molecule has 1 aliphatic heterocycles. The number of H-pyrrole nitrogens is 2. The van der Waals surface area contributed by atoms with Gasteiger partial charge >= 0.3 is 0 Å². The molecule has 1 aliphatic rings. The molecule has 9 heteroatoms. The second-order valence-corrected chi connectivity index (χ2v) is 6.99. The number of rotatable bonds is 6. The van der Waals surface area contributed by atoms with Crippen LogP contribution in [-0.4, -0.2) is 57.2 Å². The molecule has 0 unspecified atom stereocenters. The second-order valence-electron chi connectivity index (χ2n) is 6.99. The molecule has 0 bridgehead atoms. The van der Waals surface area contributed by atoms with Gasteiger partial charge in [0.05, 0.1) is 25.7 Å². The van der Waals surface area contributed by atoms with Gasteiger partial charge in [-0.2, -0.15) is 10.2 Å². The Hall–Kier alpha value is -2.45. The summed E-state index contributed by atoms with van der Waals surface area (Å²) >= 11 is 0. The molecule has 150 valence electrons. The van der Waals surface area contributed by atoms with Crippen LogP contribution in [0.2, 0.25) is 0 Å². The molecule has 0 spiro atoms. The Kier molecular flexibility index (Phi) is 6.31. The summed E-state index contributed by atoms with van der Waals surface area (Å²) in [7, 11) is 1.65. The molecule has 2 aromatic heterocycles. The van der Waals surface area contributed by atoms with Crippen molar-refractivity contribution in [3.63, 3.8) is 0 Å². The van der Waals surface area contributed by atoms with E-state index in [2.05, 4.69) is 30.3 Å². The number of likely N-dealkylation sites (tertiary alicyclic amines) is 1. The largest absolute Gasteiger partial charge is 0.497 e. The van der Waals surface area contributed by atoms with E-state index in [0.717, 1.165) is 34.9 Å². The minimum Gasteiger partial charge on any atom is -0.497 e. The number of nitrogens with zero attached hydrogens (tertiary/aromatic N) is 4. The van der Waals surface area contributed by atoms with Crippen LogP contribution in [0.5, 0.6) is 5.75 Å². The molecule has 0 amide bonds. The number of ether oxygens (including phenoxy) is 1. The van der Waals surface area contributed by atoms with Crippen LogP contribution >= 0.6 is 12.4 Å². The van der Waals surface area contributed by atoms with Gasteiger partial charge in [0.1, 0.15) is 11.6 Å². The Morgan fingerprint density at radius 1 is 1.21 bits per heavy atom. The first kappa shape index (κ1) is 20.3. The van der Waals surface area contributed by atoms with Gasteiger partial charge in [-0.05, 0) is 31.2 Å². The van der Waals surface area contributed by atoms with Crippen molar-refractivity contribution in [2.75, 3.05) is 26.9 Å². The molecule has 3 heterocycles. The zero-order valence-electron chi connectivity index (χ0n) is 15.9. The predicted molar refractivity (Wildman–Crippen MR) is 106 cm³/mol. The topological polar surface area (TPSA) is 82.7 Å². The maximum Gasteiger partial charge on any atom is 0.155 e. The quantitative estimate of drug-likeness (QED) is 0.657. The van der Waals surface area contributed by atoms with Crippen LogP contribution in [0.3, 0.4) is 0 Å². The molecule has 4 rings (SSSR count). The Morgan fingerprint density at radius 2 is 2.00 bits per heavy atom. The predicted octanol–water partition coefficient (Wildman–Crippen LogP) is 3.12. The van der Waals surface area contributed by atoms with Crippen molar-refractivity contribution in [3.05, 3.63) is 47.7 Å². The fourth-order valence-electron chi connectivity index (χ4n) is 3.74. The lowest BCUT2D eigenvalue weighted by Crippen LogP contribution is -2.20. The summed E-state index contributed by atoms with van der Waals surface area (Å²) in [5.41, 5.74) is 3.11. The zero-order valence-corrected chi connectivity index (χ0v) is 16.7. The Morgan fingerprint density at radius 3 is 2.64 bits per heavy atom. The summed E-state index contributed by atoms with van der Waals surface area (Å²) in [6.45, 7) is 3.61. The summed E-state index contributed by atoms with van der Waals surface area (Å²) in [5.74, 6) is 2.21. The lowest BCUT2D eigenvalue weighted by atomic mass is 9.97. The van der Waals surface area contributed by atoms with Crippen molar-refractivity contribution >= 4 is 12.4 Å². The molecule has 1 fully saturated rings. The fourth-order valence-corrected chi connectivity index (χ4v) is 3.74. The highest BCUT2D eigenvalue weighted by molar-refractivity contribution is 5.85. The zero-order chi connectivity index (χ0) is 18.8. The van der Waals surface area contributed by atoms with Gasteiger partial charge in [-0.3, -0.25) is 19.5 Å². The van der Waals surface area contributed by atoms with Gasteiger partial charge in [-0.1, -0.05) is 0 Å². The lowest BCUT2D eigenvalue weighted by Gasteiger charge is -2.15. The molecule has 3 aromatic rings. The number of alkyl halides is 1. The maximum absolute atomic E-state index is 13.6. The molecule has 2 N–H and O–H groups in total. The Balaban J connectivity index is 0.00000225. The Labute approximate surface area is 169 Å². The standard InChI is InChI=1S/C19H23FN6O.ClH/c1-12-22-19(25-23-12)17-11-26(9-14(17)7-20)10-15-8-21-24-18(15)13-3-5-16(27-2)6-4-13;/h3-6,8,14,17H,7,9-11H2,1-2H3,(H,21,24)(H,22,23,25);1H/t14-,17-;/m1./s1. The van der Waals surface area contributed by atoms with E-state index in [4.69, 9.17) is 4.74 Å². The average Bonchev–Trinajstić information content (AvgIpc) is 3.41. The smallest absolute Gasteiger partial charge is 0.155 e. The van der Waals surface area contributed by atoms with Crippen LogP contribution in [0, 0.1) is 12.8 Å². The van der Waals surface area contributed by atoms with Gasteiger partial charge in [0.15, 0.2) is 5.82 Å². The molecule has 1 aromatic carbocycles. The molecule has 1 saturated heterocycles. The van der Waals surface area contributed by atoms with E-state index in [1.807, 2.05) is 37.4 Å². The van der Waals surface area contributed by atoms with Crippen molar-refractivity contribution < 1.29 is 9.13 Å². The van der Waals surface area contributed by atoms with E-state index < -0.39 is 0 Å².